The number of aliphatic hydroxyl groups excluding tert-OH is 1. The Morgan fingerprint density at radius 1 is 1.29 bits per heavy atom. The molecule has 1 rings (SSSR count). The third-order valence-corrected chi connectivity index (χ3v) is 3.13. The predicted molar refractivity (Wildman–Crippen MR) is 79.9 cm³/mol. The molecule has 1 aromatic rings. The Labute approximate surface area is 125 Å². The summed E-state index contributed by atoms with van der Waals surface area (Å²) in [6, 6.07) is 7.24. The second-order valence-electron chi connectivity index (χ2n) is 5.35. The monoisotopic (exact) mass is 293 g/mol. The van der Waals surface area contributed by atoms with Gasteiger partial charge in [-0.15, -0.1) is 0 Å². The van der Waals surface area contributed by atoms with Crippen LogP contribution in [0.1, 0.15) is 29.8 Å². The van der Waals surface area contributed by atoms with Crippen molar-refractivity contribution in [1.82, 2.24) is 4.90 Å². The zero-order valence-electron chi connectivity index (χ0n) is 13.0. The van der Waals surface area contributed by atoms with Gasteiger partial charge in [0.15, 0.2) is 0 Å². The van der Waals surface area contributed by atoms with E-state index in [1.807, 2.05) is 19.1 Å². The molecule has 116 valence electrons. The van der Waals surface area contributed by atoms with Crippen LogP contribution in [-0.4, -0.2) is 48.2 Å². The Morgan fingerprint density at radius 2 is 1.95 bits per heavy atom. The van der Waals surface area contributed by atoms with E-state index in [9.17, 15) is 14.7 Å². The number of aryl methyl sites for hydroxylation is 1. The number of carbonyl (C=O) groups excluding carboxylic acids is 2. The van der Waals surface area contributed by atoms with Crippen LogP contribution in [0, 0.1) is 12.8 Å². The number of esters is 1. The van der Waals surface area contributed by atoms with E-state index < -0.39 is 12.0 Å². The largest absolute Gasteiger partial charge is 0.469 e. The lowest BCUT2D eigenvalue weighted by Crippen LogP contribution is -2.41. The summed E-state index contributed by atoms with van der Waals surface area (Å²) >= 11 is 0. The van der Waals surface area contributed by atoms with E-state index >= 15 is 0 Å². The predicted octanol–water partition coefficient (Wildman–Crippen LogP) is 1.63. The van der Waals surface area contributed by atoms with Gasteiger partial charge < -0.3 is 14.7 Å². The van der Waals surface area contributed by atoms with Crippen LogP contribution in [0.15, 0.2) is 24.3 Å². The molecule has 0 saturated heterocycles. The molecule has 0 aliphatic carbocycles. The van der Waals surface area contributed by atoms with Crippen molar-refractivity contribution >= 4 is 11.9 Å². The molecule has 0 fully saturated rings. The zero-order valence-corrected chi connectivity index (χ0v) is 13.0. The molecule has 21 heavy (non-hydrogen) atoms. The summed E-state index contributed by atoms with van der Waals surface area (Å²) in [4.78, 5) is 25.6. The number of rotatable bonds is 6. The summed E-state index contributed by atoms with van der Waals surface area (Å²) in [5, 5.41) is 9.57. The highest BCUT2D eigenvalue weighted by Gasteiger charge is 2.23. The molecular formula is C16H23NO4. The van der Waals surface area contributed by atoms with Gasteiger partial charge in [0.1, 0.15) is 0 Å². The van der Waals surface area contributed by atoms with Crippen LogP contribution >= 0.6 is 0 Å². The van der Waals surface area contributed by atoms with Gasteiger partial charge in [-0.2, -0.15) is 0 Å². The van der Waals surface area contributed by atoms with Crippen molar-refractivity contribution in [3.05, 3.63) is 35.4 Å². The topological polar surface area (TPSA) is 66.8 Å². The number of carbonyl (C=O) groups is 2. The molecule has 0 radical (unpaired) electrons. The molecule has 0 saturated carbocycles. The van der Waals surface area contributed by atoms with E-state index in [1.54, 1.807) is 26.0 Å². The maximum Gasteiger partial charge on any atom is 0.310 e. The second kappa shape index (κ2) is 7.78. The van der Waals surface area contributed by atoms with Gasteiger partial charge in [0.25, 0.3) is 5.91 Å². The quantitative estimate of drug-likeness (QED) is 0.810. The Morgan fingerprint density at radius 3 is 2.48 bits per heavy atom. The first-order chi connectivity index (χ1) is 9.85. The Bertz CT molecular complexity index is 499. The van der Waals surface area contributed by atoms with Crippen molar-refractivity contribution in [2.24, 2.45) is 5.92 Å². The average molecular weight is 293 g/mol. The lowest BCUT2D eigenvalue weighted by Gasteiger charge is -2.26. The summed E-state index contributed by atoms with van der Waals surface area (Å²) in [5.74, 6) is -1.01. The van der Waals surface area contributed by atoms with Crippen molar-refractivity contribution in [1.29, 1.82) is 0 Å². The fourth-order valence-electron chi connectivity index (χ4n) is 2.13. The molecule has 0 aliphatic heterocycles. The maximum atomic E-state index is 12.5. The maximum absolute atomic E-state index is 12.5. The van der Waals surface area contributed by atoms with Gasteiger partial charge in [-0.25, -0.2) is 0 Å². The fourth-order valence-corrected chi connectivity index (χ4v) is 2.13. The highest BCUT2D eigenvalue weighted by molar-refractivity contribution is 5.94. The molecule has 5 nitrogen and oxygen atoms in total. The zero-order chi connectivity index (χ0) is 16.0. The van der Waals surface area contributed by atoms with Crippen LogP contribution in [-0.2, 0) is 9.53 Å². The van der Waals surface area contributed by atoms with Crippen LogP contribution in [0.3, 0.4) is 0 Å². The molecular weight excluding hydrogens is 270 g/mol. The third-order valence-electron chi connectivity index (χ3n) is 3.13. The Balaban J connectivity index is 2.91. The Hall–Kier alpha value is -1.88. The number of methoxy groups -OCH3 is 1. The van der Waals surface area contributed by atoms with Crippen LogP contribution < -0.4 is 0 Å². The van der Waals surface area contributed by atoms with Crippen molar-refractivity contribution < 1.29 is 19.4 Å². The third kappa shape index (κ3) is 5.19. The summed E-state index contributed by atoms with van der Waals surface area (Å²) < 4.78 is 4.68. The first-order valence-electron chi connectivity index (χ1n) is 6.97. The number of nitrogens with zero attached hydrogens (tertiary/aromatic N) is 1. The molecule has 5 heteroatoms. The molecule has 1 amide bonds. The molecule has 0 aliphatic rings. The molecule has 1 N–H and O–H groups in total. The molecule has 0 bridgehead atoms. The van der Waals surface area contributed by atoms with Crippen molar-refractivity contribution in [2.75, 3.05) is 20.2 Å². The first-order valence-corrected chi connectivity index (χ1v) is 6.97. The van der Waals surface area contributed by atoms with Crippen LogP contribution in [0.2, 0.25) is 0 Å². The van der Waals surface area contributed by atoms with Crippen LogP contribution in [0.4, 0.5) is 0 Å². The normalized spacial score (nSPS) is 13.4. The van der Waals surface area contributed by atoms with E-state index in [0.717, 1.165) is 5.56 Å². The minimum Gasteiger partial charge on any atom is -0.469 e. The second-order valence-corrected chi connectivity index (χ2v) is 5.35. The van der Waals surface area contributed by atoms with E-state index in [1.165, 1.54) is 12.0 Å². The molecule has 2 atom stereocenters. The van der Waals surface area contributed by atoms with Gasteiger partial charge in [-0.1, -0.05) is 24.6 Å². The SMILES string of the molecule is COC(=O)C(C)CN(CC(C)O)C(=O)c1cccc(C)c1. The standard InChI is InChI=1S/C16H23NO4/c1-11-6-5-7-14(8-11)15(19)17(10-13(3)18)9-12(2)16(20)21-4/h5-8,12-13,18H,9-10H2,1-4H3. The van der Waals surface area contributed by atoms with Crippen LogP contribution in [0.5, 0.6) is 0 Å². The number of amides is 1. The molecule has 0 spiro atoms. The summed E-state index contributed by atoms with van der Waals surface area (Å²) in [7, 11) is 1.32. The van der Waals surface area contributed by atoms with Crippen molar-refractivity contribution in [2.45, 2.75) is 26.9 Å². The first kappa shape index (κ1) is 17.2. The number of aliphatic hydroxyl groups is 1. The van der Waals surface area contributed by atoms with E-state index in [0.29, 0.717) is 5.56 Å². The number of hydrogen-bond acceptors (Lipinski definition) is 4. The van der Waals surface area contributed by atoms with Gasteiger partial charge in [-0.05, 0) is 26.0 Å². The van der Waals surface area contributed by atoms with Crippen LogP contribution in [0.25, 0.3) is 0 Å². The fraction of sp³-hybridized carbons (Fsp3) is 0.500. The lowest BCUT2D eigenvalue weighted by atomic mass is 10.1. The molecule has 1 aromatic carbocycles. The van der Waals surface area contributed by atoms with Crippen molar-refractivity contribution in [3.8, 4) is 0 Å². The smallest absolute Gasteiger partial charge is 0.310 e. The summed E-state index contributed by atoms with van der Waals surface area (Å²) in [6.45, 7) is 5.61. The average Bonchev–Trinajstić information content (AvgIpc) is 2.44. The van der Waals surface area contributed by atoms with Gasteiger partial charge >= 0.3 is 5.97 Å². The minimum absolute atomic E-state index is 0.175. The number of benzene rings is 1. The minimum atomic E-state index is -0.663. The molecule has 0 aromatic heterocycles. The van der Waals surface area contributed by atoms with E-state index in [-0.39, 0.29) is 25.0 Å². The Kier molecular flexibility index (Phi) is 6.37. The van der Waals surface area contributed by atoms with Gasteiger partial charge in [0.05, 0.1) is 19.1 Å². The van der Waals surface area contributed by atoms with Gasteiger partial charge in [0.2, 0.25) is 0 Å². The summed E-state index contributed by atoms with van der Waals surface area (Å²) in [6.07, 6.45) is -0.663. The molecule has 0 heterocycles. The number of ether oxygens (including phenoxy) is 1. The molecule has 2 unspecified atom stereocenters. The number of hydrogen-bond donors (Lipinski definition) is 1. The van der Waals surface area contributed by atoms with E-state index in [4.69, 9.17) is 0 Å². The highest BCUT2D eigenvalue weighted by Crippen LogP contribution is 2.11. The van der Waals surface area contributed by atoms with Crippen molar-refractivity contribution in [3.63, 3.8) is 0 Å². The lowest BCUT2D eigenvalue weighted by molar-refractivity contribution is -0.145. The van der Waals surface area contributed by atoms with Gasteiger partial charge in [0, 0.05) is 18.7 Å². The highest BCUT2D eigenvalue weighted by atomic mass is 16.5. The summed E-state index contributed by atoms with van der Waals surface area (Å²) in [5.41, 5.74) is 1.53. The van der Waals surface area contributed by atoms with E-state index in [2.05, 4.69) is 4.74 Å². The van der Waals surface area contributed by atoms with Gasteiger partial charge in [-0.3, -0.25) is 9.59 Å².